The van der Waals surface area contributed by atoms with E-state index in [1.165, 1.54) is 16.5 Å². The zero-order valence-corrected chi connectivity index (χ0v) is 32.3. The first-order chi connectivity index (χ1) is 27.9. The Morgan fingerprint density at radius 1 is 0.456 bits per heavy atom. The molecule has 0 fully saturated rings. The van der Waals surface area contributed by atoms with Crippen molar-refractivity contribution in [1.29, 1.82) is 5.26 Å². The van der Waals surface area contributed by atoms with Gasteiger partial charge in [0, 0.05) is 34.0 Å². The van der Waals surface area contributed by atoms with Gasteiger partial charge in [-0.05, 0) is 104 Å². The second kappa shape index (κ2) is 13.6. The number of para-hydroxylation sites is 2. The Morgan fingerprint density at radius 2 is 0.877 bits per heavy atom. The Bertz CT molecular complexity index is 2820. The smallest absolute Gasteiger partial charge is 0.252 e. The molecule has 0 spiro atoms. The minimum Gasteiger partial charge on any atom is -0.311 e. The number of fused-ring (bicyclic) bond motifs is 4. The van der Waals surface area contributed by atoms with Crippen LogP contribution in [0.4, 0.5) is 34.1 Å². The van der Waals surface area contributed by atoms with Crippen LogP contribution in [-0.4, -0.2) is 6.71 Å². The van der Waals surface area contributed by atoms with Crippen molar-refractivity contribution in [3.63, 3.8) is 0 Å². The van der Waals surface area contributed by atoms with Crippen molar-refractivity contribution in [2.45, 2.75) is 26.2 Å². The number of nitrogens with zero attached hydrogens (tertiary/aromatic N) is 3. The van der Waals surface area contributed by atoms with Crippen molar-refractivity contribution in [1.82, 2.24) is 0 Å². The van der Waals surface area contributed by atoms with Crippen LogP contribution in [-0.2, 0) is 5.41 Å². The van der Waals surface area contributed by atoms with E-state index < -0.39 is 0 Å². The van der Waals surface area contributed by atoms with Crippen LogP contribution in [0, 0.1) is 11.3 Å². The number of hydrogen-bond acceptors (Lipinski definition) is 3. The van der Waals surface area contributed by atoms with E-state index >= 15 is 0 Å². The molecule has 270 valence electrons. The minimum atomic E-state index is -0.184. The number of anilines is 6. The molecule has 0 N–H and O–H groups in total. The molecule has 0 unspecified atom stereocenters. The Labute approximate surface area is 335 Å². The molecule has 4 heteroatoms. The molecule has 2 aliphatic rings. The normalized spacial score (nSPS) is 12.7. The Kier molecular flexibility index (Phi) is 8.20. The van der Waals surface area contributed by atoms with Crippen LogP contribution in [0.25, 0.3) is 33.4 Å². The highest BCUT2D eigenvalue weighted by atomic mass is 15.2. The molecular weight excluding hydrogens is 689 g/mol. The first kappa shape index (κ1) is 34.4. The molecule has 0 saturated carbocycles. The molecule has 0 amide bonds. The third kappa shape index (κ3) is 5.74. The highest BCUT2D eigenvalue weighted by Crippen LogP contribution is 2.50. The van der Waals surface area contributed by atoms with E-state index in [1.54, 1.807) is 0 Å². The molecule has 0 bridgehead atoms. The Hall–Kier alpha value is -7.09. The molecule has 0 aromatic heterocycles. The fourth-order valence-corrected chi connectivity index (χ4v) is 8.90. The molecule has 57 heavy (non-hydrogen) atoms. The van der Waals surface area contributed by atoms with E-state index in [0.29, 0.717) is 5.56 Å². The number of nitriles is 1. The highest BCUT2D eigenvalue weighted by molar-refractivity contribution is 7.00. The molecule has 8 aromatic rings. The van der Waals surface area contributed by atoms with Gasteiger partial charge in [-0.3, -0.25) is 0 Å². The molecule has 0 radical (unpaired) electrons. The zero-order chi connectivity index (χ0) is 38.7. The molecule has 3 nitrogen and oxygen atoms in total. The average molecular weight is 730 g/mol. The van der Waals surface area contributed by atoms with Gasteiger partial charge in [0.2, 0.25) is 0 Å². The number of rotatable bonds is 5. The molecule has 0 aliphatic carbocycles. The van der Waals surface area contributed by atoms with E-state index in [9.17, 15) is 5.26 Å². The fourth-order valence-electron chi connectivity index (χ4n) is 8.90. The highest BCUT2D eigenvalue weighted by Gasteiger charge is 2.46. The standard InChI is InChI=1S/C53H40BN3/c1-53(2,3)42-33-48-50-49(34-42)57(44-27-17-8-18-28-44)52-45(38-23-13-6-14-24-38)30-40(37-21-11-5-12-22-37)32-47(52)54(50)46-31-39(36-19-9-4-10-20-36)29-41(35-55)51(46)56(48)43-25-15-7-16-26-43/h4-34H,1-3H3. The largest absolute Gasteiger partial charge is 0.311 e. The summed E-state index contributed by atoms with van der Waals surface area (Å²) in [5.41, 5.74) is 18.5. The lowest BCUT2D eigenvalue weighted by atomic mass is 9.33. The SMILES string of the molecule is CC(C)(C)c1cc2c3c(c1)N(c1ccccc1)c1c(cc(-c4ccccc4)cc1-c1ccccc1)B3c1cc(-c3ccccc3)cc(C#N)c1N2c1ccccc1. The van der Waals surface area contributed by atoms with E-state index in [0.717, 1.165) is 73.0 Å². The second-order valence-corrected chi connectivity index (χ2v) is 16.1. The monoisotopic (exact) mass is 729 g/mol. The molecule has 0 saturated heterocycles. The van der Waals surface area contributed by atoms with Crippen molar-refractivity contribution in [3.8, 4) is 39.4 Å². The summed E-state index contributed by atoms with van der Waals surface area (Å²) in [6.07, 6.45) is 0. The van der Waals surface area contributed by atoms with Gasteiger partial charge in [-0.1, -0.05) is 160 Å². The van der Waals surface area contributed by atoms with Gasteiger partial charge < -0.3 is 9.80 Å². The van der Waals surface area contributed by atoms with Crippen LogP contribution in [0.2, 0.25) is 0 Å². The van der Waals surface area contributed by atoms with Gasteiger partial charge in [0.1, 0.15) is 6.07 Å². The van der Waals surface area contributed by atoms with Gasteiger partial charge in [0.25, 0.3) is 6.71 Å². The summed E-state index contributed by atoms with van der Waals surface area (Å²) in [6.45, 7) is 6.69. The van der Waals surface area contributed by atoms with E-state index in [-0.39, 0.29) is 12.1 Å². The molecule has 8 aromatic carbocycles. The maximum Gasteiger partial charge on any atom is 0.252 e. The van der Waals surface area contributed by atoms with Crippen LogP contribution in [0.3, 0.4) is 0 Å². The van der Waals surface area contributed by atoms with Gasteiger partial charge in [0.15, 0.2) is 0 Å². The van der Waals surface area contributed by atoms with E-state index in [2.05, 4.69) is 219 Å². The maximum atomic E-state index is 11.2. The van der Waals surface area contributed by atoms with Gasteiger partial charge in [-0.2, -0.15) is 5.26 Å². The summed E-state index contributed by atoms with van der Waals surface area (Å²) in [7, 11) is 0. The van der Waals surface area contributed by atoms with Crippen molar-refractivity contribution < 1.29 is 0 Å². The van der Waals surface area contributed by atoms with Crippen molar-refractivity contribution >= 4 is 57.2 Å². The lowest BCUT2D eigenvalue weighted by molar-refractivity contribution is 0.590. The van der Waals surface area contributed by atoms with Crippen LogP contribution < -0.4 is 26.2 Å². The predicted octanol–water partition coefficient (Wildman–Crippen LogP) is 11.9. The minimum absolute atomic E-state index is 0.166. The van der Waals surface area contributed by atoms with Gasteiger partial charge in [0.05, 0.1) is 11.3 Å². The quantitative estimate of drug-likeness (QED) is 0.165. The van der Waals surface area contributed by atoms with E-state index in [4.69, 9.17) is 0 Å². The number of hydrogen-bond donors (Lipinski definition) is 0. The number of benzene rings is 8. The summed E-state index contributed by atoms with van der Waals surface area (Å²) in [6, 6.07) is 70.2. The second-order valence-electron chi connectivity index (χ2n) is 16.1. The Balaban J connectivity index is 1.41. The first-order valence-corrected chi connectivity index (χ1v) is 19.7. The third-order valence-electron chi connectivity index (χ3n) is 11.6. The maximum absolute atomic E-state index is 11.2. The van der Waals surface area contributed by atoms with Gasteiger partial charge in [-0.25, -0.2) is 0 Å². The third-order valence-corrected chi connectivity index (χ3v) is 11.6. The lowest BCUT2D eigenvalue weighted by Gasteiger charge is -2.46. The first-order valence-electron chi connectivity index (χ1n) is 19.7. The predicted molar refractivity (Wildman–Crippen MR) is 240 cm³/mol. The summed E-state index contributed by atoms with van der Waals surface area (Å²) in [5, 5.41) is 11.2. The molecule has 0 atom stereocenters. The summed E-state index contributed by atoms with van der Waals surface area (Å²) < 4.78 is 0. The zero-order valence-electron chi connectivity index (χ0n) is 32.3. The molecule has 2 aliphatic heterocycles. The fraction of sp³-hybridized carbons (Fsp3) is 0.0755. The lowest BCUT2D eigenvalue weighted by Crippen LogP contribution is -2.62. The van der Waals surface area contributed by atoms with Gasteiger partial charge in [-0.15, -0.1) is 0 Å². The molecular formula is C53H40BN3. The molecule has 10 rings (SSSR count). The summed E-state index contributed by atoms with van der Waals surface area (Å²) in [4.78, 5) is 4.87. The Morgan fingerprint density at radius 3 is 1.35 bits per heavy atom. The summed E-state index contributed by atoms with van der Waals surface area (Å²) in [5.74, 6) is 0. The molecule has 2 heterocycles. The van der Waals surface area contributed by atoms with Crippen LogP contribution in [0.1, 0.15) is 31.9 Å². The van der Waals surface area contributed by atoms with Crippen molar-refractivity contribution in [3.05, 3.63) is 199 Å². The van der Waals surface area contributed by atoms with Crippen LogP contribution in [0.15, 0.2) is 188 Å². The topological polar surface area (TPSA) is 30.3 Å². The van der Waals surface area contributed by atoms with Crippen LogP contribution in [0.5, 0.6) is 0 Å². The average Bonchev–Trinajstić information content (AvgIpc) is 3.26. The van der Waals surface area contributed by atoms with E-state index in [1.807, 2.05) is 6.07 Å². The summed E-state index contributed by atoms with van der Waals surface area (Å²) >= 11 is 0. The van der Waals surface area contributed by atoms with Crippen molar-refractivity contribution in [2.75, 3.05) is 9.80 Å². The van der Waals surface area contributed by atoms with Crippen LogP contribution >= 0.6 is 0 Å². The van der Waals surface area contributed by atoms with Crippen molar-refractivity contribution in [2.24, 2.45) is 0 Å². The van der Waals surface area contributed by atoms with Gasteiger partial charge >= 0.3 is 0 Å².